The fourth-order valence-electron chi connectivity index (χ4n) is 7.65. The van der Waals surface area contributed by atoms with Gasteiger partial charge in [0.1, 0.15) is 10.1 Å². The van der Waals surface area contributed by atoms with E-state index < -0.39 is 27.0 Å². The summed E-state index contributed by atoms with van der Waals surface area (Å²) in [5.74, 6) is -1.60. The van der Waals surface area contributed by atoms with Crippen molar-refractivity contribution in [1.82, 2.24) is 0 Å². The Kier molecular flexibility index (Phi) is 43.8. The average molecular weight is 897 g/mol. The van der Waals surface area contributed by atoms with Crippen LogP contribution in [0.5, 0.6) is 0 Å². The van der Waals surface area contributed by atoms with E-state index in [-0.39, 0.29) is 75.7 Å². The Morgan fingerprint density at radius 1 is 0.443 bits per heavy atom. The number of ether oxygens (including phenoxy) is 2. The first-order valence-corrected chi connectivity index (χ1v) is 26.5. The van der Waals surface area contributed by atoms with Crippen LogP contribution in [0, 0.1) is 0 Å². The van der Waals surface area contributed by atoms with Gasteiger partial charge in [-0.3, -0.25) is 0 Å². The molecule has 1 aromatic rings. The molecule has 0 saturated heterocycles. The third kappa shape index (κ3) is 37.1. The van der Waals surface area contributed by atoms with Crippen molar-refractivity contribution < 1.29 is 83.4 Å². The maximum absolute atomic E-state index is 13.0. The fraction of sp³-hybridized carbons (Fsp3) is 0.769. The molecule has 9 heteroatoms. The van der Waals surface area contributed by atoms with Crippen molar-refractivity contribution in [2.75, 3.05) is 13.2 Å². The first-order chi connectivity index (χ1) is 29.3. The Balaban J connectivity index is 0.0000360. The minimum atomic E-state index is -4.83. The summed E-state index contributed by atoms with van der Waals surface area (Å²) < 4.78 is 45.8. The van der Waals surface area contributed by atoms with Crippen LogP contribution in [0.4, 0.5) is 0 Å². The summed E-state index contributed by atoms with van der Waals surface area (Å²) in [6, 6.07) is 3.10. The van der Waals surface area contributed by atoms with Crippen LogP contribution < -0.4 is 51.4 Å². The van der Waals surface area contributed by atoms with E-state index in [1.807, 2.05) is 0 Å². The molecule has 346 valence electrons. The van der Waals surface area contributed by atoms with Crippen LogP contribution in [0.1, 0.15) is 266 Å². The molecule has 1 rings (SSSR count). The molecular weight excluding hydrogens is 808 g/mol. The molecule has 0 atom stereocenters. The molecule has 1 aromatic carbocycles. The van der Waals surface area contributed by atoms with Gasteiger partial charge in [0.15, 0.2) is 0 Å². The van der Waals surface area contributed by atoms with Crippen LogP contribution in [0.2, 0.25) is 0 Å². The number of rotatable bonds is 43. The van der Waals surface area contributed by atoms with Gasteiger partial charge in [0.05, 0.1) is 29.2 Å². The van der Waals surface area contributed by atoms with Gasteiger partial charge in [-0.1, -0.05) is 218 Å². The van der Waals surface area contributed by atoms with Gasteiger partial charge in [-0.15, -0.1) is 0 Å². The second-order valence-corrected chi connectivity index (χ2v) is 18.5. The standard InChI is InChI=1S/C52H90O7S.K/c1-3-5-7-9-11-13-15-17-19-21-23-25-27-29-31-33-35-37-39-41-45-58-51(53)49-44-43-48(60(55,56)57)47-50(49)52(54)59-46-42-40-38-36-34-32-30-28-26-24-22-20-18-16-14-12-10-8-6-4-2;/h35-38,43-44,47H,3-34,39-42,45-46H2,1-2H3,(H,55,56,57);/q;+1/p-1/b37-35+,38-36+;. The van der Waals surface area contributed by atoms with Gasteiger partial charge in [-0.25, -0.2) is 18.0 Å². The monoisotopic (exact) mass is 897 g/mol. The van der Waals surface area contributed by atoms with E-state index in [1.165, 1.54) is 193 Å². The first kappa shape index (κ1) is 60.2. The maximum Gasteiger partial charge on any atom is 1.00 e. The fourth-order valence-corrected chi connectivity index (χ4v) is 8.15. The van der Waals surface area contributed by atoms with E-state index in [4.69, 9.17) is 9.47 Å². The third-order valence-electron chi connectivity index (χ3n) is 11.5. The Bertz CT molecular complexity index is 1340. The molecule has 61 heavy (non-hydrogen) atoms. The molecule has 0 aliphatic heterocycles. The smallest absolute Gasteiger partial charge is 0.744 e. The Morgan fingerprint density at radius 3 is 1.03 bits per heavy atom. The molecule has 0 heterocycles. The van der Waals surface area contributed by atoms with Crippen molar-refractivity contribution >= 4 is 22.1 Å². The molecule has 0 aliphatic rings. The number of benzene rings is 1. The molecule has 0 radical (unpaired) electrons. The number of carbonyl (C=O) groups is 2. The number of allylic oxidation sites excluding steroid dienone is 4. The normalized spacial score (nSPS) is 11.7. The van der Waals surface area contributed by atoms with Gasteiger partial charge in [0.2, 0.25) is 0 Å². The van der Waals surface area contributed by atoms with Crippen LogP contribution in [0.3, 0.4) is 0 Å². The van der Waals surface area contributed by atoms with Gasteiger partial charge in [0, 0.05) is 0 Å². The van der Waals surface area contributed by atoms with Crippen molar-refractivity contribution in [3.05, 3.63) is 53.6 Å². The predicted molar refractivity (Wildman–Crippen MR) is 251 cm³/mol. The second kappa shape index (κ2) is 44.4. The summed E-state index contributed by atoms with van der Waals surface area (Å²) in [7, 11) is -4.83. The first-order valence-electron chi connectivity index (χ1n) is 25.0. The van der Waals surface area contributed by atoms with E-state index in [9.17, 15) is 22.6 Å². The molecule has 0 bridgehead atoms. The van der Waals surface area contributed by atoms with E-state index >= 15 is 0 Å². The van der Waals surface area contributed by atoms with E-state index in [0.717, 1.165) is 43.9 Å². The van der Waals surface area contributed by atoms with Crippen molar-refractivity contribution in [3.63, 3.8) is 0 Å². The molecule has 0 saturated carbocycles. The van der Waals surface area contributed by atoms with Gasteiger partial charge in [0.25, 0.3) is 0 Å². The third-order valence-corrected chi connectivity index (χ3v) is 12.3. The molecule has 0 aliphatic carbocycles. The van der Waals surface area contributed by atoms with Gasteiger partial charge < -0.3 is 14.0 Å². The topological polar surface area (TPSA) is 110 Å². The molecule has 0 N–H and O–H groups in total. The van der Waals surface area contributed by atoms with Crippen LogP contribution in [-0.2, 0) is 19.6 Å². The second-order valence-electron chi connectivity index (χ2n) is 17.1. The summed E-state index contributed by atoms with van der Waals surface area (Å²) in [6.07, 6.45) is 54.0. The number of hydrogen-bond donors (Lipinski definition) is 0. The molecule has 0 amide bonds. The van der Waals surface area contributed by atoms with Crippen LogP contribution >= 0.6 is 0 Å². The number of esters is 2. The minimum Gasteiger partial charge on any atom is -0.744 e. The largest absolute Gasteiger partial charge is 1.00 e. The summed E-state index contributed by atoms with van der Waals surface area (Å²) in [6.45, 7) is 4.81. The van der Waals surface area contributed by atoms with E-state index in [0.29, 0.717) is 12.8 Å². The van der Waals surface area contributed by atoms with Gasteiger partial charge in [-0.2, -0.15) is 0 Å². The summed E-state index contributed by atoms with van der Waals surface area (Å²) in [4.78, 5) is 25.3. The van der Waals surface area contributed by atoms with Gasteiger partial charge >= 0.3 is 63.3 Å². The zero-order valence-corrected chi connectivity index (χ0v) is 43.6. The van der Waals surface area contributed by atoms with Crippen LogP contribution in [0.25, 0.3) is 0 Å². The quantitative estimate of drug-likeness (QED) is 0.0211. The summed E-state index contributed by atoms with van der Waals surface area (Å²) in [5.41, 5.74) is -0.386. The number of hydrogen-bond acceptors (Lipinski definition) is 7. The molecular formula is C52H89KO7S. The SMILES string of the molecule is CCCCCCCCCCCCCCCCC/C=C/CCCOC(=O)c1ccc(S(=O)(=O)[O-])cc1C(=O)OCCC/C=C/CCCCCCCCCCCCCCCCC.[K+]. The Morgan fingerprint density at radius 2 is 0.721 bits per heavy atom. The number of carbonyl (C=O) groups excluding carboxylic acids is 2. The summed E-state index contributed by atoms with van der Waals surface area (Å²) in [5, 5.41) is 0. The van der Waals surface area contributed by atoms with E-state index in [1.54, 1.807) is 0 Å². The van der Waals surface area contributed by atoms with Crippen LogP contribution in [0.15, 0.2) is 47.4 Å². The van der Waals surface area contributed by atoms with E-state index in [2.05, 4.69) is 38.2 Å². The van der Waals surface area contributed by atoms with Crippen molar-refractivity contribution in [1.29, 1.82) is 0 Å². The zero-order valence-electron chi connectivity index (χ0n) is 39.7. The molecule has 0 spiro atoms. The predicted octanol–water partition coefficient (Wildman–Crippen LogP) is 13.1. The molecule has 7 nitrogen and oxygen atoms in total. The average Bonchev–Trinajstić information content (AvgIpc) is 3.24. The minimum absolute atomic E-state index is 0. The van der Waals surface area contributed by atoms with Crippen molar-refractivity contribution in [3.8, 4) is 0 Å². The maximum atomic E-state index is 13.0. The summed E-state index contributed by atoms with van der Waals surface area (Å²) >= 11 is 0. The Hall–Kier alpha value is -0.814. The van der Waals surface area contributed by atoms with Crippen molar-refractivity contribution in [2.45, 2.75) is 250 Å². The zero-order chi connectivity index (χ0) is 43.6. The molecule has 0 fully saturated rings. The molecule has 0 unspecified atom stereocenters. The van der Waals surface area contributed by atoms with Crippen LogP contribution in [-0.4, -0.2) is 38.1 Å². The van der Waals surface area contributed by atoms with Crippen molar-refractivity contribution in [2.24, 2.45) is 0 Å². The Labute approximate surface area is 418 Å². The molecule has 0 aromatic heterocycles. The number of unbranched alkanes of at least 4 members (excludes halogenated alkanes) is 32. The van der Waals surface area contributed by atoms with Gasteiger partial charge in [-0.05, 0) is 69.6 Å².